The van der Waals surface area contributed by atoms with Gasteiger partial charge in [-0.25, -0.2) is 0 Å². The smallest absolute Gasteiger partial charge is 0.257 e. The number of hydrogen-bond donors (Lipinski definition) is 2. The van der Waals surface area contributed by atoms with Crippen molar-refractivity contribution in [2.45, 2.75) is 12.8 Å². The van der Waals surface area contributed by atoms with Crippen molar-refractivity contribution < 1.29 is 14.3 Å². The van der Waals surface area contributed by atoms with Gasteiger partial charge in [-0.05, 0) is 18.6 Å². The summed E-state index contributed by atoms with van der Waals surface area (Å²) < 4.78 is 5.41. The number of carbonyl (C=O) groups is 2. The summed E-state index contributed by atoms with van der Waals surface area (Å²) >= 11 is 0. The molecular weight excluding hydrogens is 258 g/mol. The molecule has 0 aliphatic carbocycles. The average molecular weight is 277 g/mol. The highest BCUT2D eigenvalue weighted by atomic mass is 16.5. The van der Waals surface area contributed by atoms with Crippen LogP contribution in [-0.4, -0.2) is 38.1 Å². The van der Waals surface area contributed by atoms with Crippen LogP contribution >= 0.6 is 0 Å². The lowest BCUT2D eigenvalue weighted by molar-refractivity contribution is -0.123. The minimum absolute atomic E-state index is 0.0581. The molecule has 0 unspecified atom stereocenters. The molecule has 1 aliphatic heterocycles. The van der Waals surface area contributed by atoms with E-state index in [1.54, 1.807) is 17.0 Å². The average Bonchev–Trinajstić information content (AvgIpc) is 2.89. The number of nitrogens with zero attached hydrogens (tertiary/aromatic N) is 1. The number of ether oxygens (including phenoxy) is 1. The van der Waals surface area contributed by atoms with Gasteiger partial charge in [-0.1, -0.05) is 6.07 Å². The normalized spacial score (nSPS) is 14.4. The predicted octanol–water partition coefficient (Wildman–Crippen LogP) is 0.267. The van der Waals surface area contributed by atoms with Crippen LogP contribution in [0.25, 0.3) is 0 Å². The van der Waals surface area contributed by atoms with Gasteiger partial charge in [0.1, 0.15) is 5.75 Å². The van der Waals surface area contributed by atoms with E-state index in [0.29, 0.717) is 25.3 Å². The molecule has 6 heteroatoms. The number of amides is 2. The van der Waals surface area contributed by atoms with Gasteiger partial charge in [-0.2, -0.15) is 0 Å². The minimum atomic E-state index is -0.210. The monoisotopic (exact) mass is 277 g/mol. The van der Waals surface area contributed by atoms with Crippen LogP contribution in [0.4, 0.5) is 5.69 Å². The Morgan fingerprint density at radius 3 is 3.00 bits per heavy atom. The van der Waals surface area contributed by atoms with Crippen LogP contribution in [0.3, 0.4) is 0 Å². The highest BCUT2D eigenvalue weighted by Gasteiger charge is 2.21. The Balaban J connectivity index is 1.92. The van der Waals surface area contributed by atoms with E-state index in [9.17, 15) is 9.59 Å². The first kappa shape index (κ1) is 14.3. The topological polar surface area (TPSA) is 84.7 Å². The Kier molecular flexibility index (Phi) is 4.95. The quantitative estimate of drug-likeness (QED) is 0.781. The molecular formula is C14H19N3O3. The molecule has 108 valence electrons. The van der Waals surface area contributed by atoms with Crippen molar-refractivity contribution in [1.82, 2.24) is 5.32 Å². The number of nitrogens with two attached hydrogens (primary N) is 1. The Labute approximate surface area is 117 Å². The van der Waals surface area contributed by atoms with Gasteiger partial charge in [0.25, 0.3) is 5.91 Å². The number of rotatable bonds is 6. The van der Waals surface area contributed by atoms with Crippen molar-refractivity contribution in [2.24, 2.45) is 5.73 Å². The second kappa shape index (κ2) is 6.91. The summed E-state index contributed by atoms with van der Waals surface area (Å²) in [4.78, 5) is 24.8. The summed E-state index contributed by atoms with van der Waals surface area (Å²) in [7, 11) is 0. The van der Waals surface area contributed by atoms with Crippen molar-refractivity contribution >= 4 is 17.5 Å². The number of nitrogens with one attached hydrogen (secondary N) is 1. The first-order valence-electron chi connectivity index (χ1n) is 6.70. The number of hydrogen-bond acceptors (Lipinski definition) is 4. The lowest BCUT2D eigenvalue weighted by Crippen LogP contribution is -2.32. The van der Waals surface area contributed by atoms with Crippen molar-refractivity contribution in [3.8, 4) is 5.75 Å². The Morgan fingerprint density at radius 2 is 2.30 bits per heavy atom. The first-order chi connectivity index (χ1) is 9.70. The van der Waals surface area contributed by atoms with Gasteiger partial charge in [0.05, 0.1) is 0 Å². The largest absolute Gasteiger partial charge is 0.484 e. The van der Waals surface area contributed by atoms with E-state index in [2.05, 4.69) is 5.32 Å². The van der Waals surface area contributed by atoms with E-state index in [4.69, 9.17) is 10.5 Å². The molecule has 0 bridgehead atoms. The van der Waals surface area contributed by atoms with Crippen LogP contribution in [0.15, 0.2) is 24.3 Å². The van der Waals surface area contributed by atoms with Gasteiger partial charge < -0.3 is 20.7 Å². The summed E-state index contributed by atoms with van der Waals surface area (Å²) in [6.45, 7) is 1.51. The van der Waals surface area contributed by atoms with Crippen molar-refractivity contribution in [3.05, 3.63) is 24.3 Å². The molecule has 0 radical (unpaired) electrons. The molecule has 1 aromatic rings. The maximum atomic E-state index is 11.7. The summed E-state index contributed by atoms with van der Waals surface area (Å²) in [5, 5.41) is 2.63. The van der Waals surface area contributed by atoms with Crippen molar-refractivity contribution in [2.75, 3.05) is 31.1 Å². The maximum Gasteiger partial charge on any atom is 0.257 e. The molecule has 6 nitrogen and oxygen atoms in total. The van der Waals surface area contributed by atoms with E-state index in [0.717, 1.165) is 18.7 Å². The van der Waals surface area contributed by atoms with Crippen LogP contribution in [0.1, 0.15) is 12.8 Å². The number of anilines is 1. The highest BCUT2D eigenvalue weighted by molar-refractivity contribution is 5.95. The lowest BCUT2D eigenvalue weighted by Gasteiger charge is -2.16. The molecule has 0 aromatic heterocycles. The Morgan fingerprint density at radius 1 is 1.45 bits per heavy atom. The fourth-order valence-corrected chi connectivity index (χ4v) is 2.07. The predicted molar refractivity (Wildman–Crippen MR) is 75.6 cm³/mol. The van der Waals surface area contributed by atoms with Crippen LogP contribution < -0.4 is 20.7 Å². The standard InChI is InChI=1S/C14H19N3O3/c15-6-7-16-13(18)10-20-12-4-1-3-11(9-12)17-8-2-5-14(17)19/h1,3-4,9H,2,5-8,10,15H2,(H,16,18). The molecule has 20 heavy (non-hydrogen) atoms. The Hall–Kier alpha value is -2.08. The zero-order valence-corrected chi connectivity index (χ0v) is 11.3. The lowest BCUT2D eigenvalue weighted by atomic mass is 10.3. The van der Waals surface area contributed by atoms with E-state index >= 15 is 0 Å². The summed E-state index contributed by atoms with van der Waals surface area (Å²) in [5.74, 6) is 0.492. The van der Waals surface area contributed by atoms with E-state index < -0.39 is 0 Å². The molecule has 0 atom stereocenters. The summed E-state index contributed by atoms with van der Waals surface area (Å²) in [6, 6.07) is 7.22. The highest BCUT2D eigenvalue weighted by Crippen LogP contribution is 2.25. The zero-order chi connectivity index (χ0) is 14.4. The van der Waals surface area contributed by atoms with E-state index in [-0.39, 0.29) is 18.4 Å². The molecule has 0 spiro atoms. The summed E-state index contributed by atoms with van der Waals surface area (Å²) in [5.41, 5.74) is 6.11. The van der Waals surface area contributed by atoms with Gasteiger partial charge in [-0.3, -0.25) is 9.59 Å². The van der Waals surface area contributed by atoms with Gasteiger partial charge in [-0.15, -0.1) is 0 Å². The van der Waals surface area contributed by atoms with Gasteiger partial charge in [0, 0.05) is 37.8 Å². The number of benzene rings is 1. The molecule has 1 heterocycles. The maximum absolute atomic E-state index is 11.7. The van der Waals surface area contributed by atoms with Crippen LogP contribution in [0, 0.1) is 0 Å². The molecule has 1 saturated heterocycles. The third-order valence-electron chi connectivity index (χ3n) is 3.04. The van der Waals surface area contributed by atoms with Crippen LogP contribution in [0.2, 0.25) is 0 Å². The molecule has 1 aliphatic rings. The molecule has 2 amide bonds. The van der Waals surface area contributed by atoms with E-state index in [1.807, 2.05) is 12.1 Å². The van der Waals surface area contributed by atoms with Crippen molar-refractivity contribution in [1.29, 1.82) is 0 Å². The fraction of sp³-hybridized carbons (Fsp3) is 0.429. The zero-order valence-electron chi connectivity index (χ0n) is 11.3. The van der Waals surface area contributed by atoms with Crippen LogP contribution in [0.5, 0.6) is 5.75 Å². The molecule has 1 fully saturated rings. The fourth-order valence-electron chi connectivity index (χ4n) is 2.07. The van der Waals surface area contributed by atoms with Crippen molar-refractivity contribution in [3.63, 3.8) is 0 Å². The SMILES string of the molecule is NCCNC(=O)COc1cccc(N2CCCC2=O)c1. The molecule has 3 N–H and O–H groups in total. The Bertz CT molecular complexity index is 490. The molecule has 0 saturated carbocycles. The third-order valence-corrected chi connectivity index (χ3v) is 3.04. The first-order valence-corrected chi connectivity index (χ1v) is 6.70. The van der Waals surface area contributed by atoms with Gasteiger partial charge in [0.15, 0.2) is 6.61 Å². The second-order valence-corrected chi connectivity index (χ2v) is 4.57. The molecule has 1 aromatic carbocycles. The van der Waals surface area contributed by atoms with Gasteiger partial charge in [0.2, 0.25) is 5.91 Å². The second-order valence-electron chi connectivity index (χ2n) is 4.57. The molecule has 2 rings (SSSR count). The van der Waals surface area contributed by atoms with Gasteiger partial charge >= 0.3 is 0 Å². The minimum Gasteiger partial charge on any atom is -0.484 e. The number of carbonyl (C=O) groups excluding carboxylic acids is 2. The van der Waals surface area contributed by atoms with Crippen LogP contribution in [-0.2, 0) is 9.59 Å². The van der Waals surface area contributed by atoms with E-state index in [1.165, 1.54) is 0 Å². The third kappa shape index (κ3) is 3.71. The summed E-state index contributed by atoms with van der Waals surface area (Å²) in [6.07, 6.45) is 1.47.